The molecule has 1 aliphatic heterocycles. The van der Waals surface area contributed by atoms with Gasteiger partial charge in [0.2, 0.25) is 0 Å². The molecule has 1 N–H and O–H groups in total. The van der Waals surface area contributed by atoms with Crippen LogP contribution in [0.25, 0.3) is 0 Å². The zero-order valence-electron chi connectivity index (χ0n) is 9.45. The number of hydrogen-bond acceptors (Lipinski definition) is 3. The van der Waals surface area contributed by atoms with Gasteiger partial charge in [-0.25, -0.2) is 0 Å². The molecule has 0 aliphatic carbocycles. The lowest BCUT2D eigenvalue weighted by Gasteiger charge is -2.34. The summed E-state index contributed by atoms with van der Waals surface area (Å²) in [6.45, 7) is 6.94. The van der Waals surface area contributed by atoms with Gasteiger partial charge >= 0.3 is 0 Å². The summed E-state index contributed by atoms with van der Waals surface area (Å²) >= 11 is 0. The molecule has 2 atom stereocenters. The van der Waals surface area contributed by atoms with Gasteiger partial charge in [0.25, 0.3) is 0 Å². The fourth-order valence-corrected chi connectivity index (χ4v) is 1.36. The molecule has 0 spiro atoms. The van der Waals surface area contributed by atoms with Gasteiger partial charge in [-0.2, -0.15) is 0 Å². The van der Waals surface area contributed by atoms with Gasteiger partial charge in [-0.15, -0.1) is 0 Å². The molecule has 1 rings (SSSR count). The molecule has 0 bridgehead atoms. The van der Waals surface area contributed by atoms with Crippen LogP contribution in [0.2, 0.25) is 0 Å². The topological polar surface area (TPSA) is 38.7 Å². The zero-order chi connectivity index (χ0) is 10.6. The van der Waals surface area contributed by atoms with E-state index < -0.39 is 0 Å². The first-order valence-corrected chi connectivity index (χ1v) is 5.44. The van der Waals surface area contributed by atoms with Crippen molar-refractivity contribution in [2.24, 2.45) is 5.41 Å². The Morgan fingerprint density at radius 2 is 2.21 bits per heavy atom. The first-order valence-electron chi connectivity index (χ1n) is 5.44. The fourth-order valence-electron chi connectivity index (χ4n) is 1.36. The van der Waals surface area contributed by atoms with E-state index in [1.807, 2.05) is 20.8 Å². The summed E-state index contributed by atoms with van der Waals surface area (Å²) in [5, 5.41) is 9.17. The van der Waals surface area contributed by atoms with Crippen molar-refractivity contribution in [3.8, 4) is 0 Å². The molecule has 0 amide bonds. The Labute approximate surface area is 86.4 Å². The molecule has 84 valence electrons. The van der Waals surface area contributed by atoms with Crippen molar-refractivity contribution in [2.45, 2.75) is 52.4 Å². The molecule has 3 nitrogen and oxygen atoms in total. The molecule has 0 aromatic heterocycles. The van der Waals surface area contributed by atoms with Gasteiger partial charge in [-0.1, -0.05) is 13.8 Å². The van der Waals surface area contributed by atoms with E-state index in [-0.39, 0.29) is 24.4 Å². The third-order valence-electron chi connectivity index (χ3n) is 3.00. The summed E-state index contributed by atoms with van der Waals surface area (Å²) < 4.78 is 11.2. The normalized spacial score (nSPS) is 26.1. The van der Waals surface area contributed by atoms with Crippen LogP contribution in [-0.2, 0) is 9.47 Å². The van der Waals surface area contributed by atoms with Crippen LogP contribution in [0.15, 0.2) is 0 Å². The van der Waals surface area contributed by atoms with Crippen LogP contribution >= 0.6 is 0 Å². The minimum absolute atomic E-state index is 0.0237. The summed E-state index contributed by atoms with van der Waals surface area (Å²) in [6, 6.07) is 0. The maximum atomic E-state index is 9.17. The molecule has 0 aromatic carbocycles. The maximum absolute atomic E-state index is 9.17. The van der Waals surface area contributed by atoms with Gasteiger partial charge in [-0.05, 0) is 26.2 Å². The highest BCUT2D eigenvalue weighted by Crippen LogP contribution is 2.25. The molecule has 0 unspecified atom stereocenters. The average molecular weight is 202 g/mol. The maximum Gasteiger partial charge on any atom is 0.157 e. The van der Waals surface area contributed by atoms with Crippen molar-refractivity contribution in [3.05, 3.63) is 0 Å². The molecule has 0 aromatic rings. The van der Waals surface area contributed by atoms with E-state index in [0.29, 0.717) is 0 Å². The first-order chi connectivity index (χ1) is 6.56. The van der Waals surface area contributed by atoms with Crippen LogP contribution in [0.1, 0.15) is 40.0 Å². The van der Waals surface area contributed by atoms with Gasteiger partial charge in [0, 0.05) is 12.0 Å². The van der Waals surface area contributed by atoms with E-state index in [2.05, 4.69) is 0 Å². The molecule has 0 radical (unpaired) electrons. The minimum Gasteiger partial charge on any atom is -0.396 e. The fraction of sp³-hybridized carbons (Fsp3) is 1.00. The van der Waals surface area contributed by atoms with E-state index in [1.165, 1.54) is 6.42 Å². The van der Waals surface area contributed by atoms with Crippen LogP contribution < -0.4 is 0 Å². The van der Waals surface area contributed by atoms with Gasteiger partial charge in [-0.3, -0.25) is 0 Å². The number of hydrogen-bond donors (Lipinski definition) is 1. The van der Waals surface area contributed by atoms with E-state index in [1.54, 1.807) is 0 Å². The first kappa shape index (κ1) is 12.0. The monoisotopic (exact) mass is 202 g/mol. The van der Waals surface area contributed by atoms with Crippen molar-refractivity contribution in [1.29, 1.82) is 0 Å². The Morgan fingerprint density at radius 3 is 2.71 bits per heavy atom. The molecule has 0 saturated carbocycles. The van der Waals surface area contributed by atoms with Crippen LogP contribution in [-0.4, -0.2) is 30.7 Å². The lowest BCUT2D eigenvalue weighted by atomic mass is 9.88. The second-order valence-corrected chi connectivity index (χ2v) is 4.72. The van der Waals surface area contributed by atoms with Crippen LogP contribution in [0.3, 0.4) is 0 Å². The van der Waals surface area contributed by atoms with Crippen LogP contribution in [0, 0.1) is 5.41 Å². The van der Waals surface area contributed by atoms with E-state index in [4.69, 9.17) is 9.47 Å². The minimum atomic E-state index is -0.194. The standard InChI is InChI=1S/C11H22O3/c1-9(11(2,3)8-12)14-10-6-4-5-7-13-10/h9-10,12H,4-8H2,1-3H3/t9-,10-/m1/s1. The number of aliphatic hydroxyl groups excluding tert-OH is 1. The Hall–Kier alpha value is -0.120. The molecule has 14 heavy (non-hydrogen) atoms. The quantitative estimate of drug-likeness (QED) is 0.757. The van der Waals surface area contributed by atoms with Crippen LogP contribution in [0.4, 0.5) is 0 Å². The predicted molar refractivity (Wildman–Crippen MR) is 55.0 cm³/mol. The number of aliphatic hydroxyl groups is 1. The highest BCUT2D eigenvalue weighted by atomic mass is 16.7. The largest absolute Gasteiger partial charge is 0.396 e. The van der Waals surface area contributed by atoms with Crippen molar-refractivity contribution in [3.63, 3.8) is 0 Å². The second kappa shape index (κ2) is 5.10. The second-order valence-electron chi connectivity index (χ2n) is 4.72. The van der Waals surface area contributed by atoms with Crippen molar-refractivity contribution in [1.82, 2.24) is 0 Å². The summed E-state index contributed by atoms with van der Waals surface area (Å²) in [4.78, 5) is 0. The Morgan fingerprint density at radius 1 is 1.50 bits per heavy atom. The molecule has 1 heterocycles. The SMILES string of the molecule is C[C@@H](O[C@@H]1CCCCO1)C(C)(C)CO. The zero-order valence-corrected chi connectivity index (χ0v) is 9.45. The van der Waals surface area contributed by atoms with Gasteiger partial charge in [0.15, 0.2) is 6.29 Å². The molecule has 1 aliphatic rings. The lowest BCUT2D eigenvalue weighted by Crippen LogP contribution is -2.37. The molecule has 1 fully saturated rings. The van der Waals surface area contributed by atoms with Gasteiger partial charge in [0.1, 0.15) is 0 Å². The van der Waals surface area contributed by atoms with E-state index >= 15 is 0 Å². The number of rotatable bonds is 4. The van der Waals surface area contributed by atoms with E-state index in [0.717, 1.165) is 19.4 Å². The molecule has 3 heteroatoms. The molecular weight excluding hydrogens is 180 g/mol. The average Bonchev–Trinajstić information content (AvgIpc) is 2.19. The smallest absolute Gasteiger partial charge is 0.157 e. The summed E-state index contributed by atoms with van der Waals surface area (Å²) in [7, 11) is 0. The van der Waals surface area contributed by atoms with Crippen molar-refractivity contribution in [2.75, 3.05) is 13.2 Å². The summed E-state index contributed by atoms with van der Waals surface area (Å²) in [5.74, 6) is 0. The molecular formula is C11H22O3. The predicted octanol–water partition coefficient (Wildman–Crippen LogP) is 1.94. The summed E-state index contributed by atoms with van der Waals surface area (Å²) in [5.41, 5.74) is -0.194. The summed E-state index contributed by atoms with van der Waals surface area (Å²) in [6.07, 6.45) is 3.25. The van der Waals surface area contributed by atoms with Crippen LogP contribution in [0.5, 0.6) is 0 Å². The third kappa shape index (κ3) is 3.23. The Balaban J connectivity index is 2.34. The lowest BCUT2D eigenvalue weighted by molar-refractivity contribution is -0.207. The molecule has 1 saturated heterocycles. The van der Waals surface area contributed by atoms with Gasteiger partial charge in [0.05, 0.1) is 12.7 Å². The number of ether oxygens (including phenoxy) is 2. The Bertz CT molecular complexity index is 162. The Kier molecular flexibility index (Phi) is 4.35. The highest BCUT2D eigenvalue weighted by molar-refractivity contribution is 4.75. The van der Waals surface area contributed by atoms with Gasteiger partial charge < -0.3 is 14.6 Å². The van der Waals surface area contributed by atoms with E-state index in [9.17, 15) is 5.11 Å². The third-order valence-corrected chi connectivity index (χ3v) is 3.00. The highest BCUT2D eigenvalue weighted by Gasteiger charge is 2.29. The van der Waals surface area contributed by atoms with Crippen molar-refractivity contribution < 1.29 is 14.6 Å². The van der Waals surface area contributed by atoms with Crippen molar-refractivity contribution >= 4 is 0 Å².